The maximum Gasteiger partial charge on any atom is 0.331 e. The van der Waals surface area contributed by atoms with E-state index in [2.05, 4.69) is 21.2 Å². The van der Waals surface area contributed by atoms with Gasteiger partial charge in [-0.3, -0.25) is 4.79 Å². The van der Waals surface area contributed by atoms with E-state index in [4.69, 9.17) is 4.74 Å². The van der Waals surface area contributed by atoms with Gasteiger partial charge in [0.25, 0.3) is 5.91 Å². The van der Waals surface area contributed by atoms with E-state index >= 15 is 0 Å². The minimum Gasteiger partial charge on any atom is -0.449 e. The zero-order chi connectivity index (χ0) is 17.5. The average Bonchev–Trinajstić information content (AvgIpc) is 2.56. The molecular formula is C18H15BrFNO3. The standard InChI is InChI=1S/C18H15BrFNO3/c1-12(18(23)21-15-9-7-14(19)8-10-15)24-17(22)11-6-13-4-2-3-5-16(13)20/h2-12H,1H3,(H,21,23)/b11-6+/t12-/m0/s1. The summed E-state index contributed by atoms with van der Waals surface area (Å²) in [6, 6.07) is 13.0. The van der Waals surface area contributed by atoms with Crippen molar-refractivity contribution in [3.63, 3.8) is 0 Å². The topological polar surface area (TPSA) is 55.4 Å². The number of benzene rings is 2. The Bertz CT molecular complexity index is 759. The van der Waals surface area contributed by atoms with E-state index < -0.39 is 23.8 Å². The summed E-state index contributed by atoms with van der Waals surface area (Å²) < 4.78 is 19.3. The second-order valence-electron chi connectivity index (χ2n) is 4.93. The van der Waals surface area contributed by atoms with Crippen LogP contribution in [0.5, 0.6) is 0 Å². The van der Waals surface area contributed by atoms with Crippen LogP contribution in [-0.2, 0) is 14.3 Å². The van der Waals surface area contributed by atoms with Crippen molar-refractivity contribution in [2.75, 3.05) is 5.32 Å². The van der Waals surface area contributed by atoms with E-state index in [1.165, 1.54) is 25.1 Å². The molecule has 0 aliphatic heterocycles. The number of hydrogen-bond acceptors (Lipinski definition) is 3. The number of amides is 1. The van der Waals surface area contributed by atoms with Crippen LogP contribution in [0.15, 0.2) is 59.1 Å². The average molecular weight is 392 g/mol. The minimum atomic E-state index is -0.980. The second-order valence-corrected chi connectivity index (χ2v) is 5.85. The number of rotatable bonds is 5. The molecule has 4 nitrogen and oxygen atoms in total. The van der Waals surface area contributed by atoms with Crippen LogP contribution in [0.2, 0.25) is 0 Å². The van der Waals surface area contributed by atoms with Crippen LogP contribution in [0.4, 0.5) is 10.1 Å². The second kappa shape index (κ2) is 8.40. The van der Waals surface area contributed by atoms with E-state index in [0.29, 0.717) is 5.69 Å². The van der Waals surface area contributed by atoms with Crippen LogP contribution in [0.1, 0.15) is 12.5 Å². The fraction of sp³-hybridized carbons (Fsp3) is 0.111. The summed E-state index contributed by atoms with van der Waals surface area (Å²) in [5.41, 5.74) is 0.856. The first-order valence-electron chi connectivity index (χ1n) is 7.15. The van der Waals surface area contributed by atoms with Gasteiger partial charge in [-0.05, 0) is 43.3 Å². The third-order valence-electron chi connectivity index (χ3n) is 3.08. The highest BCUT2D eigenvalue weighted by Gasteiger charge is 2.16. The van der Waals surface area contributed by atoms with E-state index in [1.54, 1.807) is 36.4 Å². The van der Waals surface area contributed by atoms with Gasteiger partial charge >= 0.3 is 5.97 Å². The highest BCUT2D eigenvalue weighted by molar-refractivity contribution is 9.10. The molecule has 0 fully saturated rings. The first-order chi connectivity index (χ1) is 11.5. The molecule has 2 aromatic carbocycles. The number of anilines is 1. The van der Waals surface area contributed by atoms with Gasteiger partial charge in [-0.2, -0.15) is 0 Å². The van der Waals surface area contributed by atoms with Crippen molar-refractivity contribution in [3.8, 4) is 0 Å². The van der Waals surface area contributed by atoms with Crippen LogP contribution >= 0.6 is 15.9 Å². The number of halogens is 2. The molecular weight excluding hydrogens is 377 g/mol. The van der Waals surface area contributed by atoms with Gasteiger partial charge in [0.05, 0.1) is 0 Å². The zero-order valence-corrected chi connectivity index (χ0v) is 14.4. The summed E-state index contributed by atoms with van der Waals surface area (Å²) in [6.07, 6.45) is 1.41. The molecule has 0 saturated heterocycles. The van der Waals surface area contributed by atoms with Crippen molar-refractivity contribution < 1.29 is 18.7 Å². The van der Waals surface area contributed by atoms with E-state index in [9.17, 15) is 14.0 Å². The summed E-state index contributed by atoms with van der Waals surface area (Å²) in [5, 5.41) is 2.64. The predicted molar refractivity (Wildman–Crippen MR) is 93.8 cm³/mol. The molecule has 0 radical (unpaired) electrons. The predicted octanol–water partition coefficient (Wildman–Crippen LogP) is 4.17. The molecule has 0 unspecified atom stereocenters. The van der Waals surface area contributed by atoms with Crippen molar-refractivity contribution in [2.45, 2.75) is 13.0 Å². The SMILES string of the molecule is C[C@H](OC(=O)/C=C/c1ccccc1F)C(=O)Nc1ccc(Br)cc1. The Hall–Kier alpha value is -2.47. The third kappa shape index (κ3) is 5.31. The first kappa shape index (κ1) is 17.9. The summed E-state index contributed by atoms with van der Waals surface area (Å²) in [6.45, 7) is 1.46. The van der Waals surface area contributed by atoms with Crippen LogP contribution in [0.3, 0.4) is 0 Å². The van der Waals surface area contributed by atoms with Crippen molar-refractivity contribution in [2.24, 2.45) is 0 Å². The maximum atomic E-state index is 13.4. The monoisotopic (exact) mass is 391 g/mol. The van der Waals surface area contributed by atoms with Crippen molar-refractivity contribution in [1.29, 1.82) is 0 Å². The maximum absolute atomic E-state index is 13.4. The Morgan fingerprint density at radius 1 is 1.17 bits per heavy atom. The van der Waals surface area contributed by atoms with E-state index in [0.717, 1.165) is 10.5 Å². The zero-order valence-electron chi connectivity index (χ0n) is 12.8. The van der Waals surface area contributed by atoms with Crippen molar-refractivity contribution >= 4 is 39.6 Å². The lowest BCUT2D eigenvalue weighted by Crippen LogP contribution is -2.29. The molecule has 0 aliphatic rings. The molecule has 1 atom stereocenters. The van der Waals surface area contributed by atoms with Gasteiger partial charge in [-0.1, -0.05) is 34.1 Å². The Morgan fingerprint density at radius 2 is 1.83 bits per heavy atom. The Balaban J connectivity index is 1.90. The normalized spacial score (nSPS) is 12.0. The van der Waals surface area contributed by atoms with Crippen LogP contribution < -0.4 is 5.32 Å². The molecule has 0 heterocycles. The number of esters is 1. The lowest BCUT2D eigenvalue weighted by atomic mass is 10.2. The lowest BCUT2D eigenvalue weighted by Gasteiger charge is -2.12. The molecule has 0 bridgehead atoms. The van der Waals surface area contributed by atoms with E-state index in [-0.39, 0.29) is 5.56 Å². The quantitative estimate of drug-likeness (QED) is 0.614. The van der Waals surface area contributed by atoms with Gasteiger partial charge in [0, 0.05) is 21.8 Å². The van der Waals surface area contributed by atoms with Crippen LogP contribution in [-0.4, -0.2) is 18.0 Å². The Labute approximate surface area is 147 Å². The molecule has 0 aromatic heterocycles. The van der Waals surface area contributed by atoms with Gasteiger partial charge in [0.2, 0.25) is 0 Å². The Kier molecular flexibility index (Phi) is 6.26. The smallest absolute Gasteiger partial charge is 0.331 e. The minimum absolute atomic E-state index is 0.265. The highest BCUT2D eigenvalue weighted by atomic mass is 79.9. The molecule has 2 rings (SSSR count). The van der Waals surface area contributed by atoms with Crippen molar-refractivity contribution in [3.05, 3.63) is 70.5 Å². The van der Waals surface area contributed by atoms with Crippen LogP contribution in [0, 0.1) is 5.82 Å². The summed E-state index contributed by atoms with van der Waals surface area (Å²) in [4.78, 5) is 23.7. The number of hydrogen-bond donors (Lipinski definition) is 1. The number of ether oxygens (including phenoxy) is 1. The first-order valence-corrected chi connectivity index (χ1v) is 7.94. The van der Waals surface area contributed by atoms with Gasteiger partial charge in [0.15, 0.2) is 6.10 Å². The third-order valence-corrected chi connectivity index (χ3v) is 3.61. The summed E-state index contributed by atoms with van der Waals surface area (Å²) >= 11 is 3.30. The largest absolute Gasteiger partial charge is 0.449 e. The van der Waals surface area contributed by atoms with Crippen molar-refractivity contribution in [1.82, 2.24) is 0 Å². The molecule has 0 aliphatic carbocycles. The van der Waals surface area contributed by atoms with Crippen LogP contribution in [0.25, 0.3) is 6.08 Å². The highest BCUT2D eigenvalue weighted by Crippen LogP contribution is 2.14. The number of carbonyl (C=O) groups is 2. The molecule has 0 saturated carbocycles. The molecule has 6 heteroatoms. The molecule has 124 valence electrons. The van der Waals surface area contributed by atoms with Gasteiger partial charge < -0.3 is 10.1 Å². The molecule has 2 aromatic rings. The fourth-order valence-corrected chi connectivity index (χ4v) is 2.08. The van der Waals surface area contributed by atoms with E-state index in [1.807, 2.05) is 0 Å². The number of nitrogens with one attached hydrogen (secondary N) is 1. The summed E-state index contributed by atoms with van der Waals surface area (Å²) in [5.74, 6) is -1.62. The molecule has 24 heavy (non-hydrogen) atoms. The fourth-order valence-electron chi connectivity index (χ4n) is 1.81. The molecule has 1 N–H and O–H groups in total. The van der Waals surface area contributed by atoms with Gasteiger partial charge in [-0.25, -0.2) is 9.18 Å². The molecule has 0 spiro atoms. The van der Waals surface area contributed by atoms with Gasteiger partial charge in [0.1, 0.15) is 5.82 Å². The summed E-state index contributed by atoms with van der Waals surface area (Å²) in [7, 11) is 0. The van der Waals surface area contributed by atoms with Gasteiger partial charge in [-0.15, -0.1) is 0 Å². The number of carbonyl (C=O) groups excluding carboxylic acids is 2. The molecule has 1 amide bonds. The Morgan fingerprint density at radius 3 is 2.50 bits per heavy atom. The lowest BCUT2D eigenvalue weighted by molar-refractivity contribution is -0.148.